The smallest absolute Gasteiger partial charge is 0.120 e. The van der Waals surface area contributed by atoms with Gasteiger partial charge in [0.05, 0.1) is 19.3 Å². The zero-order valence-corrected chi connectivity index (χ0v) is 13.7. The Labute approximate surface area is 128 Å². The van der Waals surface area contributed by atoms with E-state index < -0.39 is 0 Å². The van der Waals surface area contributed by atoms with Gasteiger partial charge < -0.3 is 19.5 Å². The number of methoxy groups -OCH3 is 1. The summed E-state index contributed by atoms with van der Waals surface area (Å²) >= 11 is 0. The van der Waals surface area contributed by atoms with Crippen molar-refractivity contribution in [3.8, 4) is 5.75 Å². The van der Waals surface area contributed by atoms with Crippen LogP contribution in [0, 0.1) is 0 Å². The number of hydrogen-bond donors (Lipinski definition) is 1. The Kier molecular flexibility index (Phi) is 9.06. The molecule has 0 bridgehead atoms. The Bertz CT molecular complexity index is 382. The van der Waals surface area contributed by atoms with Gasteiger partial charge in [-0.3, -0.25) is 0 Å². The van der Waals surface area contributed by atoms with Crippen LogP contribution in [0.2, 0.25) is 0 Å². The average Bonchev–Trinajstić information content (AvgIpc) is 2.45. The summed E-state index contributed by atoms with van der Waals surface area (Å²) in [4.78, 5) is 0. The summed E-state index contributed by atoms with van der Waals surface area (Å²) in [5.74, 6) is 0.922. The van der Waals surface area contributed by atoms with Crippen LogP contribution in [0.15, 0.2) is 24.3 Å². The molecule has 1 atom stereocenters. The molecule has 0 saturated heterocycles. The zero-order chi connectivity index (χ0) is 15.5. The Morgan fingerprint density at radius 1 is 1.14 bits per heavy atom. The number of hydrogen-bond acceptors (Lipinski definition) is 4. The number of benzene rings is 1. The van der Waals surface area contributed by atoms with E-state index in [0.717, 1.165) is 25.3 Å². The van der Waals surface area contributed by atoms with Crippen LogP contribution < -0.4 is 10.1 Å². The van der Waals surface area contributed by atoms with Crippen LogP contribution in [-0.2, 0) is 9.47 Å². The Balaban J connectivity index is 2.57. The lowest BCUT2D eigenvalue weighted by Crippen LogP contribution is -2.22. The first-order valence-electron chi connectivity index (χ1n) is 7.74. The fraction of sp³-hybridized carbons (Fsp3) is 0.647. The Morgan fingerprint density at radius 2 is 1.95 bits per heavy atom. The summed E-state index contributed by atoms with van der Waals surface area (Å²) in [6.07, 6.45) is 1.12. The Morgan fingerprint density at radius 3 is 2.62 bits per heavy atom. The molecular formula is C17H29NO3. The molecule has 0 heterocycles. The molecule has 4 nitrogen and oxygen atoms in total. The van der Waals surface area contributed by atoms with Gasteiger partial charge in [0, 0.05) is 19.8 Å². The summed E-state index contributed by atoms with van der Waals surface area (Å²) in [6.45, 7) is 9.13. The van der Waals surface area contributed by atoms with Crippen molar-refractivity contribution in [3.05, 3.63) is 29.8 Å². The lowest BCUT2D eigenvalue weighted by Gasteiger charge is -2.20. The molecule has 1 N–H and O–H groups in total. The molecule has 0 amide bonds. The highest BCUT2D eigenvalue weighted by Crippen LogP contribution is 2.22. The van der Waals surface area contributed by atoms with Crippen molar-refractivity contribution in [1.29, 1.82) is 0 Å². The highest BCUT2D eigenvalue weighted by atomic mass is 16.5. The first kappa shape index (κ1) is 18.0. The Hall–Kier alpha value is -1.10. The second kappa shape index (κ2) is 10.6. The van der Waals surface area contributed by atoms with Gasteiger partial charge in [0.2, 0.25) is 0 Å². The third kappa shape index (κ3) is 7.46. The van der Waals surface area contributed by atoms with Gasteiger partial charge in [-0.15, -0.1) is 0 Å². The van der Waals surface area contributed by atoms with Gasteiger partial charge in [0.15, 0.2) is 0 Å². The molecular weight excluding hydrogens is 266 g/mol. The SMILES string of the molecule is CCNC(CCOCCOC)c1cccc(OC(C)C)c1. The van der Waals surface area contributed by atoms with Crippen LogP contribution in [0.5, 0.6) is 5.75 Å². The molecule has 0 radical (unpaired) electrons. The normalized spacial score (nSPS) is 12.6. The van der Waals surface area contributed by atoms with E-state index in [-0.39, 0.29) is 12.1 Å². The number of rotatable bonds is 11. The molecule has 4 heteroatoms. The van der Waals surface area contributed by atoms with Gasteiger partial charge in [0.25, 0.3) is 0 Å². The molecule has 1 unspecified atom stereocenters. The molecule has 21 heavy (non-hydrogen) atoms. The number of nitrogens with one attached hydrogen (secondary N) is 1. The molecule has 120 valence electrons. The van der Waals surface area contributed by atoms with Crippen LogP contribution in [0.1, 0.15) is 38.8 Å². The van der Waals surface area contributed by atoms with Gasteiger partial charge in [-0.25, -0.2) is 0 Å². The third-order valence-corrected chi connectivity index (χ3v) is 3.07. The van der Waals surface area contributed by atoms with E-state index in [1.165, 1.54) is 5.56 Å². The second-order valence-corrected chi connectivity index (χ2v) is 5.24. The molecule has 0 spiro atoms. The minimum Gasteiger partial charge on any atom is -0.491 e. The molecule has 1 aromatic carbocycles. The van der Waals surface area contributed by atoms with Gasteiger partial charge in [-0.05, 0) is 44.5 Å². The summed E-state index contributed by atoms with van der Waals surface area (Å²) in [6, 6.07) is 8.58. The van der Waals surface area contributed by atoms with Crippen molar-refractivity contribution in [2.75, 3.05) is 33.5 Å². The van der Waals surface area contributed by atoms with E-state index in [1.807, 2.05) is 26.0 Å². The molecule has 0 aliphatic heterocycles. The summed E-state index contributed by atoms with van der Waals surface area (Å²) in [5, 5.41) is 3.50. The fourth-order valence-electron chi connectivity index (χ4n) is 2.16. The van der Waals surface area contributed by atoms with E-state index >= 15 is 0 Å². The van der Waals surface area contributed by atoms with E-state index in [9.17, 15) is 0 Å². The van der Waals surface area contributed by atoms with Crippen molar-refractivity contribution in [2.45, 2.75) is 39.3 Å². The minimum atomic E-state index is 0.190. The summed E-state index contributed by atoms with van der Waals surface area (Å²) < 4.78 is 16.3. The largest absolute Gasteiger partial charge is 0.491 e. The predicted octanol–water partition coefficient (Wildman–Crippen LogP) is 3.18. The fourth-order valence-corrected chi connectivity index (χ4v) is 2.16. The maximum Gasteiger partial charge on any atom is 0.120 e. The van der Waals surface area contributed by atoms with Crippen LogP contribution in [0.3, 0.4) is 0 Å². The third-order valence-electron chi connectivity index (χ3n) is 3.07. The average molecular weight is 295 g/mol. The lowest BCUT2D eigenvalue weighted by molar-refractivity contribution is 0.0658. The summed E-state index contributed by atoms with van der Waals surface area (Å²) in [7, 11) is 1.69. The molecule has 1 rings (SSSR count). The standard InChI is InChI=1S/C17H29NO3/c1-5-18-17(9-10-20-12-11-19-4)15-7-6-8-16(13-15)21-14(2)3/h6-8,13-14,17-18H,5,9-12H2,1-4H3. The monoisotopic (exact) mass is 295 g/mol. The van der Waals surface area contributed by atoms with Crippen molar-refractivity contribution >= 4 is 0 Å². The molecule has 1 aromatic rings. The van der Waals surface area contributed by atoms with Crippen LogP contribution in [0.25, 0.3) is 0 Å². The van der Waals surface area contributed by atoms with Crippen molar-refractivity contribution in [2.24, 2.45) is 0 Å². The van der Waals surface area contributed by atoms with E-state index in [1.54, 1.807) is 7.11 Å². The van der Waals surface area contributed by atoms with Crippen LogP contribution >= 0.6 is 0 Å². The molecule has 0 aromatic heterocycles. The van der Waals surface area contributed by atoms with Gasteiger partial charge >= 0.3 is 0 Å². The molecule has 0 fully saturated rings. The van der Waals surface area contributed by atoms with Crippen molar-refractivity contribution in [3.63, 3.8) is 0 Å². The lowest BCUT2D eigenvalue weighted by atomic mass is 10.0. The second-order valence-electron chi connectivity index (χ2n) is 5.24. The number of ether oxygens (including phenoxy) is 3. The van der Waals surface area contributed by atoms with Crippen LogP contribution in [0.4, 0.5) is 0 Å². The van der Waals surface area contributed by atoms with E-state index in [4.69, 9.17) is 14.2 Å². The highest BCUT2D eigenvalue weighted by molar-refractivity contribution is 5.30. The van der Waals surface area contributed by atoms with E-state index in [2.05, 4.69) is 24.4 Å². The van der Waals surface area contributed by atoms with E-state index in [0.29, 0.717) is 13.2 Å². The summed E-state index contributed by atoms with van der Waals surface area (Å²) in [5.41, 5.74) is 1.24. The maximum atomic E-state index is 5.77. The molecule has 0 saturated carbocycles. The zero-order valence-electron chi connectivity index (χ0n) is 13.7. The van der Waals surface area contributed by atoms with Gasteiger partial charge in [-0.2, -0.15) is 0 Å². The first-order valence-corrected chi connectivity index (χ1v) is 7.74. The first-order chi connectivity index (χ1) is 10.2. The van der Waals surface area contributed by atoms with Crippen LogP contribution in [-0.4, -0.2) is 39.6 Å². The van der Waals surface area contributed by atoms with Crippen molar-refractivity contribution < 1.29 is 14.2 Å². The molecule has 0 aliphatic rings. The minimum absolute atomic E-state index is 0.190. The van der Waals surface area contributed by atoms with Gasteiger partial charge in [0.1, 0.15) is 5.75 Å². The van der Waals surface area contributed by atoms with Gasteiger partial charge in [-0.1, -0.05) is 19.1 Å². The maximum absolute atomic E-state index is 5.77. The molecule has 0 aliphatic carbocycles. The topological polar surface area (TPSA) is 39.7 Å². The quantitative estimate of drug-likeness (QED) is 0.637. The predicted molar refractivity (Wildman–Crippen MR) is 85.9 cm³/mol. The highest BCUT2D eigenvalue weighted by Gasteiger charge is 2.11. The van der Waals surface area contributed by atoms with Crippen molar-refractivity contribution in [1.82, 2.24) is 5.32 Å².